The summed E-state index contributed by atoms with van der Waals surface area (Å²) in [6.07, 6.45) is 3.96. The zero-order chi connectivity index (χ0) is 38.1. The van der Waals surface area contributed by atoms with Crippen LogP contribution in [-0.4, -0.2) is 17.0 Å². The van der Waals surface area contributed by atoms with E-state index in [1.165, 1.54) is 3.97 Å². The van der Waals surface area contributed by atoms with Crippen LogP contribution >= 0.6 is 0 Å². The van der Waals surface area contributed by atoms with Crippen molar-refractivity contribution < 1.29 is 8.42 Å². The Labute approximate surface area is 331 Å². The van der Waals surface area contributed by atoms with Gasteiger partial charge in [0, 0.05) is 34.3 Å². The van der Waals surface area contributed by atoms with Crippen molar-refractivity contribution in [2.75, 3.05) is 0 Å². The molecule has 4 nitrogen and oxygen atoms in total. The molecule has 3 heterocycles. The predicted octanol–water partition coefficient (Wildman–Crippen LogP) is 13.1. The Morgan fingerprint density at radius 1 is 0.333 bits per heavy atom. The van der Waals surface area contributed by atoms with Crippen LogP contribution < -0.4 is 0 Å². The highest BCUT2D eigenvalue weighted by molar-refractivity contribution is 7.90. The maximum Gasteiger partial charge on any atom is 0.270 e. The van der Waals surface area contributed by atoms with Gasteiger partial charge in [0.15, 0.2) is 0 Å². The number of nitrogens with zero attached hydrogens (tertiary/aromatic N) is 2. The van der Waals surface area contributed by atoms with Gasteiger partial charge in [0.25, 0.3) is 10.0 Å². The Balaban J connectivity index is 1.21. The first kappa shape index (κ1) is 33.2. The standard InChI is InChI=1S/C52H34N2O2S/c55-57(56)50-24-14-13-23-49(50)53-33-47(43-29-39(35-15-5-1-6-16-35)27-40(30-43)36-17-7-2-8-18-36)45-25-26-46-48(34-54(57)52(46)51(45)53)44-31-41(37-19-9-3-10-20-37)28-42(32-44)38-21-11-4-12-22-38/h1-34H. The van der Waals surface area contributed by atoms with E-state index in [-0.39, 0.29) is 4.90 Å². The molecule has 0 aliphatic carbocycles. The Hall–Kier alpha value is -7.21. The summed E-state index contributed by atoms with van der Waals surface area (Å²) in [6.45, 7) is 0. The van der Waals surface area contributed by atoms with Gasteiger partial charge in [-0.1, -0.05) is 146 Å². The second kappa shape index (κ2) is 12.9. The Bertz CT molecular complexity index is 3160. The SMILES string of the molecule is O=S1(=O)c2ccccc2-n2cc(-c3cc(-c4ccccc4)cc(-c4ccccc4)c3)c3ccc4c(-c5cc(-c6ccccc6)cc(-c6ccccc6)c5)cn1c4c32. The van der Waals surface area contributed by atoms with Gasteiger partial charge in [-0.05, 0) is 104 Å². The summed E-state index contributed by atoms with van der Waals surface area (Å²) in [7, 11) is -3.99. The molecular weight excluding hydrogens is 717 g/mol. The van der Waals surface area contributed by atoms with Crippen LogP contribution in [0.2, 0.25) is 0 Å². The van der Waals surface area contributed by atoms with E-state index in [4.69, 9.17) is 0 Å². The van der Waals surface area contributed by atoms with Gasteiger partial charge in [0.05, 0.1) is 16.7 Å². The normalized spacial score (nSPS) is 12.8. The summed E-state index contributed by atoms with van der Waals surface area (Å²) in [5.41, 5.74) is 14.8. The van der Waals surface area contributed by atoms with Crippen LogP contribution in [-0.2, 0) is 10.0 Å². The average Bonchev–Trinajstić information content (AvgIpc) is 3.86. The summed E-state index contributed by atoms with van der Waals surface area (Å²) < 4.78 is 33.4. The molecule has 0 N–H and O–H groups in total. The minimum Gasteiger partial charge on any atom is -0.313 e. The second-order valence-electron chi connectivity index (χ2n) is 14.6. The number of hydrogen-bond donors (Lipinski definition) is 0. The highest BCUT2D eigenvalue weighted by Gasteiger charge is 2.32. The molecule has 1 aliphatic rings. The Kier molecular flexibility index (Phi) is 7.53. The molecule has 2 aromatic heterocycles. The fourth-order valence-corrected chi connectivity index (χ4v) is 10.1. The van der Waals surface area contributed by atoms with E-state index in [1.807, 2.05) is 66.9 Å². The van der Waals surface area contributed by atoms with Crippen molar-refractivity contribution in [3.05, 3.63) is 207 Å². The second-order valence-corrected chi connectivity index (χ2v) is 16.4. The van der Waals surface area contributed by atoms with E-state index in [0.29, 0.717) is 11.2 Å². The molecule has 0 unspecified atom stereocenters. The lowest BCUT2D eigenvalue weighted by atomic mass is 9.92. The molecule has 0 bridgehead atoms. The number of fused-ring (bicyclic) bond motifs is 2. The van der Waals surface area contributed by atoms with Crippen molar-refractivity contribution >= 4 is 31.8 Å². The third-order valence-electron chi connectivity index (χ3n) is 11.3. The largest absolute Gasteiger partial charge is 0.313 e. The Morgan fingerprint density at radius 2 is 0.702 bits per heavy atom. The fraction of sp³-hybridized carbons (Fsp3) is 0. The van der Waals surface area contributed by atoms with E-state index in [9.17, 15) is 8.42 Å². The molecule has 10 aromatic rings. The van der Waals surface area contributed by atoms with Gasteiger partial charge < -0.3 is 4.57 Å². The molecule has 270 valence electrons. The molecule has 57 heavy (non-hydrogen) atoms. The van der Waals surface area contributed by atoms with E-state index in [1.54, 1.807) is 12.1 Å². The average molecular weight is 751 g/mol. The highest BCUT2D eigenvalue weighted by atomic mass is 32.2. The van der Waals surface area contributed by atoms with Crippen molar-refractivity contribution in [2.45, 2.75) is 4.90 Å². The highest BCUT2D eigenvalue weighted by Crippen LogP contribution is 2.46. The fourth-order valence-electron chi connectivity index (χ4n) is 8.57. The summed E-state index contributed by atoms with van der Waals surface area (Å²) in [5, 5.41) is 1.85. The van der Waals surface area contributed by atoms with Crippen molar-refractivity contribution in [3.8, 4) is 72.4 Å². The number of aromatic nitrogens is 2. The minimum absolute atomic E-state index is 0.263. The molecule has 0 amide bonds. The number of para-hydroxylation sites is 1. The quantitative estimate of drug-likeness (QED) is 0.170. The maximum absolute atomic E-state index is 14.9. The third kappa shape index (κ3) is 5.39. The number of hydrogen-bond acceptors (Lipinski definition) is 2. The number of benzene rings is 8. The van der Waals surface area contributed by atoms with Gasteiger partial charge in [-0.2, -0.15) is 0 Å². The lowest BCUT2D eigenvalue weighted by molar-refractivity contribution is 0.589. The monoisotopic (exact) mass is 750 g/mol. The maximum atomic E-state index is 14.9. The lowest BCUT2D eigenvalue weighted by Crippen LogP contribution is -2.12. The van der Waals surface area contributed by atoms with E-state index >= 15 is 0 Å². The molecule has 0 atom stereocenters. The van der Waals surface area contributed by atoms with Crippen LogP contribution in [0.25, 0.3) is 94.3 Å². The topological polar surface area (TPSA) is 44.0 Å². The number of rotatable bonds is 6. The Morgan fingerprint density at radius 3 is 1.16 bits per heavy atom. The molecule has 0 radical (unpaired) electrons. The molecule has 1 aliphatic heterocycles. The molecular formula is C52H34N2O2S. The van der Waals surface area contributed by atoms with Crippen LogP contribution in [0.4, 0.5) is 0 Å². The van der Waals surface area contributed by atoms with Gasteiger partial charge in [-0.15, -0.1) is 0 Å². The molecule has 0 saturated carbocycles. The van der Waals surface area contributed by atoms with Gasteiger partial charge in [0.2, 0.25) is 0 Å². The molecule has 8 aromatic carbocycles. The molecule has 11 rings (SSSR count). The molecule has 0 spiro atoms. The summed E-state index contributed by atoms with van der Waals surface area (Å²) in [6, 6.07) is 66.6. The summed E-state index contributed by atoms with van der Waals surface area (Å²) >= 11 is 0. The van der Waals surface area contributed by atoms with Gasteiger partial charge in [-0.3, -0.25) is 0 Å². The van der Waals surface area contributed by atoms with Crippen LogP contribution in [0, 0.1) is 0 Å². The van der Waals surface area contributed by atoms with Crippen LogP contribution in [0.15, 0.2) is 211 Å². The van der Waals surface area contributed by atoms with E-state index in [0.717, 1.165) is 83.1 Å². The van der Waals surface area contributed by atoms with Crippen molar-refractivity contribution in [3.63, 3.8) is 0 Å². The first-order chi connectivity index (χ1) is 28.0. The smallest absolute Gasteiger partial charge is 0.270 e. The van der Waals surface area contributed by atoms with Crippen molar-refractivity contribution in [1.82, 2.24) is 8.54 Å². The van der Waals surface area contributed by atoms with E-state index < -0.39 is 10.0 Å². The van der Waals surface area contributed by atoms with Gasteiger partial charge in [0.1, 0.15) is 4.90 Å². The summed E-state index contributed by atoms with van der Waals surface area (Å²) in [5.74, 6) is 0. The zero-order valence-corrected chi connectivity index (χ0v) is 31.6. The zero-order valence-electron chi connectivity index (χ0n) is 30.7. The first-order valence-corrected chi connectivity index (χ1v) is 20.5. The molecule has 0 saturated heterocycles. The lowest BCUT2D eigenvalue weighted by Gasteiger charge is -2.12. The predicted molar refractivity (Wildman–Crippen MR) is 234 cm³/mol. The minimum atomic E-state index is -3.99. The van der Waals surface area contributed by atoms with Gasteiger partial charge in [-0.25, -0.2) is 12.4 Å². The molecule has 5 heteroatoms. The van der Waals surface area contributed by atoms with Crippen LogP contribution in [0.1, 0.15) is 0 Å². The van der Waals surface area contributed by atoms with Crippen LogP contribution in [0.5, 0.6) is 0 Å². The van der Waals surface area contributed by atoms with E-state index in [2.05, 4.69) is 132 Å². The van der Waals surface area contributed by atoms with Gasteiger partial charge >= 0.3 is 0 Å². The van der Waals surface area contributed by atoms with Crippen molar-refractivity contribution in [1.29, 1.82) is 0 Å². The van der Waals surface area contributed by atoms with Crippen LogP contribution in [0.3, 0.4) is 0 Å². The third-order valence-corrected chi connectivity index (χ3v) is 13.0. The molecule has 0 fully saturated rings. The summed E-state index contributed by atoms with van der Waals surface area (Å²) in [4.78, 5) is 0.263. The first-order valence-electron chi connectivity index (χ1n) is 19.1. The van der Waals surface area contributed by atoms with Crippen molar-refractivity contribution in [2.24, 2.45) is 0 Å².